The van der Waals surface area contributed by atoms with E-state index in [1.165, 1.54) is 30.8 Å². The van der Waals surface area contributed by atoms with Crippen LogP contribution in [0.15, 0.2) is 78.9 Å². The first kappa shape index (κ1) is 15.3. The Morgan fingerprint density at radius 1 is 0.792 bits per heavy atom. The van der Waals surface area contributed by atoms with Crippen LogP contribution in [-0.4, -0.2) is 21.6 Å². The fourth-order valence-corrected chi connectivity index (χ4v) is 5.62. The van der Waals surface area contributed by atoms with Gasteiger partial charge >= 0.3 is 148 Å². The van der Waals surface area contributed by atoms with Crippen LogP contribution >= 0.6 is 0 Å². The SMILES string of the molecule is COc1ccc(Cc2c(-c3ccccc3)[se]c3ccccc23)cc1. The number of hydrogen-bond donors (Lipinski definition) is 0. The van der Waals surface area contributed by atoms with Crippen LogP contribution in [-0.2, 0) is 6.42 Å². The van der Waals surface area contributed by atoms with E-state index in [0.717, 1.165) is 12.2 Å². The zero-order valence-corrected chi connectivity index (χ0v) is 15.2. The summed E-state index contributed by atoms with van der Waals surface area (Å²) in [5.74, 6) is 0.909. The molecule has 0 atom stereocenters. The molecule has 4 aromatic rings. The molecule has 0 fully saturated rings. The second kappa shape index (κ2) is 6.68. The van der Waals surface area contributed by atoms with Crippen LogP contribution in [0.1, 0.15) is 11.1 Å². The zero-order chi connectivity index (χ0) is 16.4. The average molecular weight is 377 g/mol. The summed E-state index contributed by atoms with van der Waals surface area (Å²) in [6, 6.07) is 28.1. The van der Waals surface area contributed by atoms with Crippen molar-refractivity contribution in [2.24, 2.45) is 0 Å². The van der Waals surface area contributed by atoms with E-state index < -0.39 is 0 Å². The molecule has 3 aromatic carbocycles. The summed E-state index contributed by atoms with van der Waals surface area (Å²) >= 11 is 0.375. The molecule has 0 aliphatic carbocycles. The first-order chi connectivity index (χ1) is 11.8. The predicted molar refractivity (Wildman–Crippen MR) is 102 cm³/mol. The van der Waals surface area contributed by atoms with Crippen LogP contribution in [0.3, 0.4) is 0 Å². The number of hydrogen-bond acceptors (Lipinski definition) is 1. The molecule has 0 aliphatic heterocycles. The normalized spacial score (nSPS) is 10.9. The molecule has 0 amide bonds. The Morgan fingerprint density at radius 3 is 2.25 bits per heavy atom. The molecular weight excluding hydrogens is 359 g/mol. The van der Waals surface area contributed by atoms with E-state index in [9.17, 15) is 0 Å². The standard InChI is InChI=1S/C22H18OSe/c1-23-18-13-11-16(12-14-18)15-20-19-9-5-6-10-21(19)24-22(20)17-7-3-2-4-8-17/h2-14H,15H2,1H3. The second-order valence-electron chi connectivity index (χ2n) is 5.80. The van der Waals surface area contributed by atoms with Gasteiger partial charge in [0, 0.05) is 0 Å². The van der Waals surface area contributed by atoms with Crippen molar-refractivity contribution in [3.8, 4) is 15.8 Å². The number of methoxy groups -OCH3 is 1. The van der Waals surface area contributed by atoms with E-state index in [2.05, 4.69) is 66.7 Å². The fourth-order valence-electron chi connectivity index (χ4n) is 3.04. The van der Waals surface area contributed by atoms with Gasteiger partial charge in [-0.15, -0.1) is 0 Å². The second-order valence-corrected chi connectivity index (χ2v) is 8.00. The van der Waals surface area contributed by atoms with Crippen LogP contribution < -0.4 is 4.74 Å². The van der Waals surface area contributed by atoms with Crippen LogP contribution in [0.2, 0.25) is 0 Å². The minimum atomic E-state index is 0.375. The molecule has 0 unspecified atom stereocenters. The predicted octanol–water partition coefficient (Wildman–Crippen LogP) is 5.16. The quantitative estimate of drug-likeness (QED) is 0.446. The molecule has 0 N–H and O–H groups in total. The van der Waals surface area contributed by atoms with Gasteiger partial charge in [-0.05, 0) is 0 Å². The van der Waals surface area contributed by atoms with Crippen molar-refractivity contribution in [1.82, 2.24) is 0 Å². The van der Waals surface area contributed by atoms with Crippen molar-refractivity contribution in [2.75, 3.05) is 7.11 Å². The minimum absolute atomic E-state index is 0.375. The molecule has 1 aromatic heterocycles. The molecule has 4 rings (SSSR count). The van der Waals surface area contributed by atoms with E-state index in [4.69, 9.17) is 4.74 Å². The Morgan fingerprint density at radius 2 is 1.50 bits per heavy atom. The summed E-state index contributed by atoms with van der Waals surface area (Å²) in [5, 5.41) is 1.42. The molecule has 0 radical (unpaired) electrons. The van der Waals surface area contributed by atoms with Gasteiger partial charge < -0.3 is 0 Å². The third kappa shape index (κ3) is 2.91. The monoisotopic (exact) mass is 378 g/mol. The molecule has 0 bridgehead atoms. The summed E-state index contributed by atoms with van der Waals surface area (Å²) < 4.78 is 8.28. The Kier molecular flexibility index (Phi) is 4.25. The first-order valence-electron chi connectivity index (χ1n) is 8.04. The number of rotatable bonds is 4. The topological polar surface area (TPSA) is 9.23 Å². The maximum atomic E-state index is 5.28. The van der Waals surface area contributed by atoms with Gasteiger partial charge in [0.05, 0.1) is 0 Å². The van der Waals surface area contributed by atoms with Gasteiger partial charge in [0.15, 0.2) is 0 Å². The number of ether oxygens (including phenoxy) is 1. The zero-order valence-electron chi connectivity index (χ0n) is 13.5. The molecule has 24 heavy (non-hydrogen) atoms. The average Bonchev–Trinajstić information content (AvgIpc) is 3.02. The maximum absolute atomic E-state index is 5.28. The van der Waals surface area contributed by atoms with Gasteiger partial charge in [-0.2, -0.15) is 0 Å². The van der Waals surface area contributed by atoms with E-state index in [0.29, 0.717) is 14.5 Å². The van der Waals surface area contributed by atoms with Crippen molar-refractivity contribution in [2.45, 2.75) is 6.42 Å². The number of fused-ring (bicyclic) bond motifs is 1. The molecule has 0 saturated heterocycles. The summed E-state index contributed by atoms with van der Waals surface area (Å²) in [5.41, 5.74) is 4.16. The fraction of sp³-hybridized carbons (Fsp3) is 0.0909. The van der Waals surface area contributed by atoms with E-state index in [1.54, 1.807) is 7.11 Å². The van der Waals surface area contributed by atoms with E-state index in [1.807, 2.05) is 12.1 Å². The van der Waals surface area contributed by atoms with Crippen LogP contribution in [0, 0.1) is 0 Å². The van der Waals surface area contributed by atoms with Gasteiger partial charge in [0.25, 0.3) is 0 Å². The third-order valence-corrected chi connectivity index (χ3v) is 6.92. The van der Waals surface area contributed by atoms with Crippen molar-refractivity contribution in [3.05, 3.63) is 90.0 Å². The van der Waals surface area contributed by atoms with Crippen LogP contribution in [0.25, 0.3) is 19.6 Å². The summed E-state index contributed by atoms with van der Waals surface area (Å²) in [7, 11) is 1.71. The molecule has 118 valence electrons. The van der Waals surface area contributed by atoms with E-state index in [-0.39, 0.29) is 0 Å². The van der Waals surface area contributed by atoms with Crippen LogP contribution in [0.4, 0.5) is 0 Å². The Bertz CT molecular complexity index is 952. The van der Waals surface area contributed by atoms with Crippen molar-refractivity contribution >= 4 is 24.1 Å². The number of benzene rings is 3. The van der Waals surface area contributed by atoms with Gasteiger partial charge in [-0.25, -0.2) is 0 Å². The Labute approximate surface area is 148 Å². The van der Waals surface area contributed by atoms with Crippen molar-refractivity contribution in [3.63, 3.8) is 0 Å². The molecule has 2 heteroatoms. The third-order valence-electron chi connectivity index (χ3n) is 4.27. The molecule has 0 spiro atoms. The molecule has 1 nitrogen and oxygen atoms in total. The van der Waals surface area contributed by atoms with Crippen molar-refractivity contribution in [1.29, 1.82) is 0 Å². The molecule has 1 heterocycles. The summed E-state index contributed by atoms with van der Waals surface area (Å²) in [4.78, 5) is 0. The van der Waals surface area contributed by atoms with E-state index >= 15 is 0 Å². The first-order valence-corrected chi connectivity index (χ1v) is 9.75. The van der Waals surface area contributed by atoms with Gasteiger partial charge in [0.1, 0.15) is 0 Å². The molecule has 0 saturated carbocycles. The summed E-state index contributed by atoms with van der Waals surface area (Å²) in [6.07, 6.45) is 0.965. The van der Waals surface area contributed by atoms with Gasteiger partial charge in [-0.1, -0.05) is 0 Å². The Hall–Kier alpha value is -2.28. The van der Waals surface area contributed by atoms with Crippen LogP contribution in [0.5, 0.6) is 5.75 Å². The molecular formula is C22H18OSe. The van der Waals surface area contributed by atoms with Crippen molar-refractivity contribution < 1.29 is 4.74 Å². The molecule has 0 aliphatic rings. The van der Waals surface area contributed by atoms with Gasteiger partial charge in [0.2, 0.25) is 0 Å². The van der Waals surface area contributed by atoms with Gasteiger partial charge in [-0.3, -0.25) is 0 Å². The summed E-state index contributed by atoms with van der Waals surface area (Å²) in [6.45, 7) is 0. The Balaban J connectivity index is 1.83.